The second kappa shape index (κ2) is 4.39. The molecular formula is C17H18Cl2N2. The van der Waals surface area contributed by atoms with E-state index in [1.165, 1.54) is 37.9 Å². The molecule has 110 valence electrons. The summed E-state index contributed by atoms with van der Waals surface area (Å²) in [5.74, 6) is 3.77. The molecule has 0 spiro atoms. The molecule has 1 aromatic carbocycles. The smallest absolute Gasteiger partial charge is 0.109 e. The number of fused-ring (bicyclic) bond motifs is 1. The Kier molecular flexibility index (Phi) is 2.67. The van der Waals surface area contributed by atoms with Gasteiger partial charge >= 0.3 is 0 Å². The third-order valence-corrected chi connectivity index (χ3v) is 6.60. The molecule has 0 N–H and O–H groups in total. The Labute approximate surface area is 135 Å². The molecule has 2 nitrogen and oxygen atoms in total. The lowest BCUT2D eigenvalue weighted by Gasteiger charge is -2.39. The Bertz CT molecular complexity index is 640. The van der Waals surface area contributed by atoms with Gasteiger partial charge in [-0.3, -0.25) is 0 Å². The third-order valence-electron chi connectivity index (χ3n) is 5.94. The Morgan fingerprint density at radius 3 is 2.43 bits per heavy atom. The third kappa shape index (κ3) is 1.82. The first-order chi connectivity index (χ1) is 10.2. The van der Waals surface area contributed by atoms with Crippen molar-refractivity contribution in [3.8, 4) is 0 Å². The molecule has 3 aliphatic heterocycles. The lowest BCUT2D eigenvalue weighted by Crippen LogP contribution is -2.42. The van der Waals surface area contributed by atoms with E-state index in [0.29, 0.717) is 12.0 Å². The summed E-state index contributed by atoms with van der Waals surface area (Å²) in [6.45, 7) is 0.897. The van der Waals surface area contributed by atoms with Gasteiger partial charge in [-0.15, -0.1) is 0 Å². The molecule has 1 aromatic rings. The van der Waals surface area contributed by atoms with Gasteiger partial charge in [0.2, 0.25) is 0 Å². The van der Waals surface area contributed by atoms with Gasteiger partial charge in [0.05, 0.1) is 10.7 Å². The highest BCUT2D eigenvalue weighted by Gasteiger charge is 2.46. The average molecular weight is 321 g/mol. The van der Waals surface area contributed by atoms with Crippen molar-refractivity contribution in [1.82, 2.24) is 4.90 Å². The molecule has 0 radical (unpaired) electrons. The van der Waals surface area contributed by atoms with Crippen LogP contribution in [0.2, 0.25) is 10.0 Å². The summed E-state index contributed by atoms with van der Waals surface area (Å²) < 4.78 is 0. The van der Waals surface area contributed by atoms with Crippen LogP contribution in [-0.2, 0) is 6.54 Å². The first kappa shape index (κ1) is 12.8. The van der Waals surface area contributed by atoms with Crippen LogP contribution in [0.4, 0.5) is 5.69 Å². The predicted octanol–water partition coefficient (Wildman–Crippen LogP) is 5.05. The number of hydrogen-bond donors (Lipinski definition) is 0. The summed E-state index contributed by atoms with van der Waals surface area (Å²) in [5.41, 5.74) is 2.05. The van der Waals surface area contributed by atoms with E-state index in [9.17, 15) is 0 Å². The van der Waals surface area contributed by atoms with Crippen molar-refractivity contribution in [3.05, 3.63) is 27.7 Å². The van der Waals surface area contributed by atoms with E-state index < -0.39 is 0 Å². The Balaban J connectivity index is 1.68. The summed E-state index contributed by atoms with van der Waals surface area (Å²) in [5, 5.41) is 1.55. The van der Waals surface area contributed by atoms with E-state index in [0.717, 1.165) is 39.7 Å². The van der Waals surface area contributed by atoms with Crippen molar-refractivity contribution in [1.29, 1.82) is 0 Å². The fourth-order valence-electron chi connectivity index (χ4n) is 5.21. The number of amidine groups is 1. The zero-order valence-corrected chi connectivity index (χ0v) is 13.4. The fraction of sp³-hybridized carbons (Fsp3) is 0.588. The highest BCUT2D eigenvalue weighted by atomic mass is 35.5. The fourth-order valence-corrected chi connectivity index (χ4v) is 5.64. The van der Waals surface area contributed by atoms with Gasteiger partial charge < -0.3 is 4.90 Å². The summed E-state index contributed by atoms with van der Waals surface area (Å²) in [6, 6.07) is 4.45. The van der Waals surface area contributed by atoms with Gasteiger partial charge in [-0.25, -0.2) is 4.99 Å². The molecular weight excluding hydrogens is 303 g/mol. The van der Waals surface area contributed by atoms with Crippen LogP contribution in [0, 0.1) is 17.8 Å². The molecule has 6 rings (SSSR count). The molecule has 3 heterocycles. The van der Waals surface area contributed by atoms with Crippen LogP contribution in [0.3, 0.4) is 0 Å². The van der Waals surface area contributed by atoms with Crippen molar-refractivity contribution < 1.29 is 0 Å². The molecule has 5 aliphatic rings. The predicted molar refractivity (Wildman–Crippen MR) is 86.4 cm³/mol. The van der Waals surface area contributed by atoms with Crippen LogP contribution in [-0.4, -0.2) is 16.8 Å². The first-order valence-corrected chi connectivity index (χ1v) is 8.76. The zero-order valence-electron chi connectivity index (χ0n) is 11.9. The van der Waals surface area contributed by atoms with Gasteiger partial charge in [0.25, 0.3) is 0 Å². The Morgan fingerprint density at radius 1 is 0.952 bits per heavy atom. The highest BCUT2D eigenvalue weighted by molar-refractivity contribution is 6.36. The number of hydrogen-bond acceptors (Lipinski definition) is 2. The van der Waals surface area contributed by atoms with E-state index in [1.807, 2.05) is 12.1 Å². The number of halogens is 2. The molecule has 21 heavy (non-hydrogen) atoms. The maximum absolute atomic E-state index is 6.41. The molecule has 2 atom stereocenters. The molecule has 2 saturated heterocycles. The summed E-state index contributed by atoms with van der Waals surface area (Å²) >= 11 is 12.8. The minimum Gasteiger partial charge on any atom is -0.352 e. The van der Waals surface area contributed by atoms with Gasteiger partial charge in [0.1, 0.15) is 5.84 Å². The van der Waals surface area contributed by atoms with Crippen molar-refractivity contribution in [2.45, 2.75) is 44.7 Å². The van der Waals surface area contributed by atoms with Crippen molar-refractivity contribution >= 4 is 34.7 Å². The number of rotatable bonds is 0. The molecule has 2 aliphatic carbocycles. The normalized spacial score (nSPS) is 36.1. The molecule has 4 fully saturated rings. The Hall–Kier alpha value is -0.730. The molecule has 4 bridgehead atoms. The molecule has 4 heteroatoms. The van der Waals surface area contributed by atoms with E-state index >= 15 is 0 Å². The van der Waals surface area contributed by atoms with E-state index in [1.54, 1.807) is 0 Å². The second-order valence-electron chi connectivity index (χ2n) is 7.22. The van der Waals surface area contributed by atoms with Crippen LogP contribution in [0.25, 0.3) is 0 Å². The van der Waals surface area contributed by atoms with Crippen LogP contribution < -0.4 is 0 Å². The van der Waals surface area contributed by atoms with Crippen molar-refractivity contribution in [2.24, 2.45) is 22.7 Å². The summed E-state index contributed by atoms with van der Waals surface area (Å²) in [4.78, 5) is 7.58. The van der Waals surface area contributed by atoms with Crippen LogP contribution in [0.5, 0.6) is 0 Å². The molecule has 0 amide bonds. The maximum atomic E-state index is 6.41. The SMILES string of the molecule is Clc1ccc(Cl)c2c1CN1C(=N2)C2C[C@H]3CC1C[C@H](C2)C3. The molecule has 0 aromatic heterocycles. The average Bonchev–Trinajstić information content (AvgIpc) is 2.64. The second-order valence-corrected chi connectivity index (χ2v) is 8.03. The molecule has 2 saturated carbocycles. The molecule has 0 unspecified atom stereocenters. The van der Waals surface area contributed by atoms with Gasteiger partial charge in [-0.2, -0.15) is 0 Å². The van der Waals surface area contributed by atoms with E-state index in [-0.39, 0.29) is 0 Å². The Morgan fingerprint density at radius 2 is 1.67 bits per heavy atom. The maximum Gasteiger partial charge on any atom is 0.109 e. The van der Waals surface area contributed by atoms with Gasteiger partial charge in [0, 0.05) is 29.1 Å². The van der Waals surface area contributed by atoms with Crippen LogP contribution >= 0.6 is 23.2 Å². The lowest BCUT2D eigenvalue weighted by atomic mass is 9.68. The minimum absolute atomic E-state index is 0.643. The largest absolute Gasteiger partial charge is 0.352 e. The van der Waals surface area contributed by atoms with Gasteiger partial charge in [0.15, 0.2) is 0 Å². The quantitative estimate of drug-likeness (QED) is 0.653. The number of nitrogens with zero attached hydrogens (tertiary/aromatic N) is 2. The summed E-state index contributed by atoms with van der Waals surface area (Å²) in [7, 11) is 0. The van der Waals surface area contributed by atoms with Crippen molar-refractivity contribution in [2.75, 3.05) is 0 Å². The van der Waals surface area contributed by atoms with Crippen LogP contribution in [0.15, 0.2) is 17.1 Å². The standard InChI is InChI=1S/C17H18Cl2N2/c18-14-1-2-15(19)16-13(14)8-21-12-6-9-3-10(7-12)5-11(4-9)17(21)20-16/h1-2,9-12H,3-8H2/t9-,10-,11?,12?/m0/s1. The highest BCUT2D eigenvalue weighted by Crippen LogP contribution is 2.51. The van der Waals surface area contributed by atoms with Gasteiger partial charge in [-0.05, 0) is 56.1 Å². The van der Waals surface area contributed by atoms with E-state index in [2.05, 4.69) is 4.90 Å². The monoisotopic (exact) mass is 320 g/mol. The summed E-state index contributed by atoms with van der Waals surface area (Å²) in [6.07, 6.45) is 6.80. The van der Waals surface area contributed by atoms with E-state index in [4.69, 9.17) is 28.2 Å². The minimum atomic E-state index is 0.643. The van der Waals surface area contributed by atoms with Crippen LogP contribution in [0.1, 0.15) is 37.7 Å². The lowest BCUT2D eigenvalue weighted by molar-refractivity contribution is 0.128. The number of aliphatic imine (C=N–C) groups is 1. The van der Waals surface area contributed by atoms with Gasteiger partial charge in [-0.1, -0.05) is 23.2 Å². The zero-order chi connectivity index (χ0) is 14.1. The number of benzene rings is 1. The van der Waals surface area contributed by atoms with Crippen molar-refractivity contribution in [3.63, 3.8) is 0 Å². The first-order valence-electron chi connectivity index (χ1n) is 8.01. The topological polar surface area (TPSA) is 15.6 Å².